The van der Waals surface area contributed by atoms with E-state index in [1.165, 1.54) is 24.3 Å². The van der Waals surface area contributed by atoms with Crippen LogP contribution in [0.25, 0.3) is 0 Å². The zero-order valence-electron chi connectivity index (χ0n) is 10.8. The maximum Gasteiger partial charge on any atom is 0.248 e. The van der Waals surface area contributed by atoms with Gasteiger partial charge in [-0.25, -0.2) is 8.78 Å². The maximum atomic E-state index is 13.7. The summed E-state index contributed by atoms with van der Waals surface area (Å²) in [6, 6.07) is 7.30. The van der Waals surface area contributed by atoms with Gasteiger partial charge in [0.2, 0.25) is 5.91 Å². The van der Waals surface area contributed by atoms with E-state index in [4.69, 9.17) is 11.5 Å². The predicted octanol–water partition coefficient (Wildman–Crippen LogP) is 1.95. The largest absolute Gasteiger partial charge is 0.396 e. The van der Waals surface area contributed by atoms with E-state index in [0.717, 1.165) is 12.1 Å². The highest BCUT2D eigenvalue weighted by molar-refractivity contribution is 7.84. The van der Waals surface area contributed by atoms with Gasteiger partial charge in [-0.05, 0) is 36.4 Å². The van der Waals surface area contributed by atoms with Crippen LogP contribution in [0.3, 0.4) is 0 Å². The maximum absolute atomic E-state index is 13.7. The lowest BCUT2D eigenvalue weighted by Crippen LogP contribution is -2.12. The van der Waals surface area contributed by atoms with Crippen LogP contribution in [0.5, 0.6) is 0 Å². The zero-order chi connectivity index (χ0) is 15.6. The van der Waals surface area contributed by atoms with E-state index in [0.29, 0.717) is 0 Å². The molecule has 0 bridgehead atoms. The third kappa shape index (κ3) is 3.43. The first kappa shape index (κ1) is 15.1. The summed E-state index contributed by atoms with van der Waals surface area (Å²) in [5, 5.41) is 0. The van der Waals surface area contributed by atoms with Crippen molar-refractivity contribution in [1.29, 1.82) is 0 Å². The van der Waals surface area contributed by atoms with Crippen molar-refractivity contribution < 1.29 is 17.8 Å². The fourth-order valence-corrected chi connectivity index (χ4v) is 2.84. The van der Waals surface area contributed by atoms with Crippen LogP contribution in [-0.4, -0.2) is 10.1 Å². The smallest absolute Gasteiger partial charge is 0.248 e. The van der Waals surface area contributed by atoms with E-state index in [1.807, 2.05) is 0 Å². The van der Waals surface area contributed by atoms with Crippen molar-refractivity contribution in [2.75, 3.05) is 5.73 Å². The van der Waals surface area contributed by atoms with Crippen LogP contribution in [0.4, 0.5) is 14.5 Å². The van der Waals surface area contributed by atoms with Gasteiger partial charge in [0, 0.05) is 16.0 Å². The van der Waals surface area contributed by atoms with Gasteiger partial charge in [0.05, 0.1) is 22.2 Å². The van der Waals surface area contributed by atoms with Crippen molar-refractivity contribution in [1.82, 2.24) is 0 Å². The Morgan fingerprint density at radius 2 is 1.81 bits per heavy atom. The molecular formula is C14H12F2N2O2S. The standard InChI is InChI=1S/C14H12F2N2O2S/c15-11-3-1-8(14(18)19)5-9(11)7-21(20)10-2-4-13(17)12(16)6-10/h1-6H,7,17H2,(H2,18,19). The van der Waals surface area contributed by atoms with Gasteiger partial charge in [-0.2, -0.15) is 0 Å². The van der Waals surface area contributed by atoms with Gasteiger partial charge in [0.1, 0.15) is 11.6 Å². The molecule has 2 aromatic carbocycles. The van der Waals surface area contributed by atoms with Crippen molar-refractivity contribution in [2.45, 2.75) is 10.6 Å². The topological polar surface area (TPSA) is 86.2 Å². The highest BCUT2D eigenvalue weighted by atomic mass is 32.2. The van der Waals surface area contributed by atoms with Crippen LogP contribution in [-0.2, 0) is 16.6 Å². The molecule has 0 fully saturated rings. The number of hydrogen-bond donors (Lipinski definition) is 2. The highest BCUT2D eigenvalue weighted by Crippen LogP contribution is 2.19. The van der Waals surface area contributed by atoms with E-state index in [1.54, 1.807) is 0 Å². The normalized spacial score (nSPS) is 12.1. The molecule has 0 aliphatic heterocycles. The number of anilines is 1. The van der Waals surface area contributed by atoms with Gasteiger partial charge in [-0.3, -0.25) is 9.00 Å². The monoisotopic (exact) mass is 310 g/mol. The van der Waals surface area contributed by atoms with E-state index in [2.05, 4.69) is 0 Å². The number of hydrogen-bond acceptors (Lipinski definition) is 3. The number of amides is 1. The first-order valence-corrected chi connectivity index (χ1v) is 7.22. The van der Waals surface area contributed by atoms with Crippen molar-refractivity contribution in [3.8, 4) is 0 Å². The lowest BCUT2D eigenvalue weighted by molar-refractivity contribution is 0.1000. The average Bonchev–Trinajstić information content (AvgIpc) is 2.43. The molecule has 0 spiro atoms. The summed E-state index contributed by atoms with van der Waals surface area (Å²) < 4.78 is 39.1. The molecule has 4 nitrogen and oxygen atoms in total. The first-order valence-electron chi connectivity index (χ1n) is 5.90. The van der Waals surface area contributed by atoms with E-state index >= 15 is 0 Å². The molecule has 0 aliphatic carbocycles. The van der Waals surface area contributed by atoms with Gasteiger partial charge < -0.3 is 11.5 Å². The molecule has 110 valence electrons. The fraction of sp³-hybridized carbons (Fsp3) is 0.0714. The van der Waals surface area contributed by atoms with Gasteiger partial charge in [-0.1, -0.05) is 0 Å². The summed E-state index contributed by atoms with van der Waals surface area (Å²) in [7, 11) is -1.67. The number of nitrogen functional groups attached to an aromatic ring is 1. The van der Waals surface area contributed by atoms with Crippen LogP contribution >= 0.6 is 0 Å². The molecule has 1 unspecified atom stereocenters. The number of nitrogens with two attached hydrogens (primary N) is 2. The Morgan fingerprint density at radius 1 is 1.10 bits per heavy atom. The Hall–Kier alpha value is -2.28. The van der Waals surface area contributed by atoms with E-state index in [-0.39, 0.29) is 27.5 Å². The van der Waals surface area contributed by atoms with Crippen LogP contribution in [0, 0.1) is 11.6 Å². The SMILES string of the molecule is NC(=O)c1ccc(F)c(CS(=O)c2ccc(N)c(F)c2)c1. The molecule has 1 atom stereocenters. The van der Waals surface area contributed by atoms with Crippen molar-refractivity contribution in [3.05, 3.63) is 59.2 Å². The quantitative estimate of drug-likeness (QED) is 0.846. The molecule has 7 heteroatoms. The summed E-state index contributed by atoms with van der Waals surface area (Å²) >= 11 is 0. The molecule has 0 saturated carbocycles. The highest BCUT2D eigenvalue weighted by Gasteiger charge is 2.13. The van der Waals surface area contributed by atoms with Crippen LogP contribution in [0.2, 0.25) is 0 Å². The summed E-state index contributed by atoms with van der Waals surface area (Å²) in [4.78, 5) is 11.2. The molecule has 0 aromatic heterocycles. The number of carbonyl (C=O) groups excluding carboxylic acids is 1. The van der Waals surface area contributed by atoms with E-state index in [9.17, 15) is 17.8 Å². The van der Waals surface area contributed by atoms with Crippen LogP contribution in [0.15, 0.2) is 41.3 Å². The van der Waals surface area contributed by atoms with Gasteiger partial charge in [-0.15, -0.1) is 0 Å². The molecule has 0 aliphatic rings. The Morgan fingerprint density at radius 3 is 2.43 bits per heavy atom. The molecule has 2 rings (SSSR count). The number of rotatable bonds is 4. The Balaban J connectivity index is 2.28. The second-order valence-corrected chi connectivity index (χ2v) is 5.79. The molecule has 0 heterocycles. The minimum Gasteiger partial charge on any atom is -0.396 e. The first-order chi connectivity index (χ1) is 9.88. The molecule has 1 amide bonds. The van der Waals surface area contributed by atoms with Gasteiger partial charge in [0.15, 0.2) is 0 Å². The summed E-state index contributed by atoms with van der Waals surface area (Å²) in [6.45, 7) is 0. The molecule has 0 radical (unpaired) electrons. The third-order valence-electron chi connectivity index (χ3n) is 2.85. The number of carbonyl (C=O) groups is 1. The zero-order valence-corrected chi connectivity index (χ0v) is 11.6. The Bertz CT molecular complexity index is 735. The molecule has 4 N–H and O–H groups in total. The van der Waals surface area contributed by atoms with Crippen LogP contribution < -0.4 is 11.5 Å². The summed E-state index contributed by atoms with van der Waals surface area (Å²) in [5.74, 6) is -2.20. The second kappa shape index (κ2) is 6.01. The third-order valence-corrected chi connectivity index (χ3v) is 4.20. The van der Waals surface area contributed by atoms with Crippen LogP contribution in [0.1, 0.15) is 15.9 Å². The fourth-order valence-electron chi connectivity index (χ4n) is 1.71. The Kier molecular flexibility index (Phi) is 4.32. The van der Waals surface area contributed by atoms with Crippen molar-refractivity contribution in [3.63, 3.8) is 0 Å². The summed E-state index contributed by atoms with van der Waals surface area (Å²) in [6.07, 6.45) is 0. The lowest BCUT2D eigenvalue weighted by Gasteiger charge is -2.06. The molecule has 21 heavy (non-hydrogen) atoms. The van der Waals surface area contributed by atoms with E-state index < -0.39 is 28.3 Å². The molecular weight excluding hydrogens is 298 g/mol. The second-order valence-electron chi connectivity index (χ2n) is 4.34. The van der Waals surface area contributed by atoms with Crippen molar-refractivity contribution >= 4 is 22.4 Å². The van der Waals surface area contributed by atoms with Gasteiger partial charge in [0.25, 0.3) is 0 Å². The minimum atomic E-state index is -1.67. The van der Waals surface area contributed by atoms with Gasteiger partial charge >= 0.3 is 0 Å². The molecule has 0 saturated heterocycles. The minimum absolute atomic E-state index is 0.0577. The molecule has 2 aromatic rings. The summed E-state index contributed by atoms with van der Waals surface area (Å²) in [5.41, 5.74) is 10.6. The number of benzene rings is 2. The number of halogens is 2. The average molecular weight is 310 g/mol. The van der Waals surface area contributed by atoms with Crippen molar-refractivity contribution in [2.24, 2.45) is 5.73 Å². The predicted molar refractivity (Wildman–Crippen MR) is 75.8 cm³/mol. The lowest BCUT2D eigenvalue weighted by atomic mass is 10.1. The Labute approximate surface area is 122 Å². The number of primary amides is 1.